The Bertz CT molecular complexity index is 832. The summed E-state index contributed by atoms with van der Waals surface area (Å²) in [6.45, 7) is -0.186. The summed E-state index contributed by atoms with van der Waals surface area (Å²) in [5.41, 5.74) is 0.163. The van der Waals surface area contributed by atoms with Crippen LogP contribution in [0.5, 0.6) is 0 Å². The molecule has 1 N–H and O–H groups in total. The average Bonchev–Trinajstić information content (AvgIpc) is 3.11. The fraction of sp³-hybridized carbons (Fsp3) is 0.176. The molecule has 1 aliphatic rings. The SMILES string of the molecule is O=C(NCc1ccco1)C1C=NC(=O)N(Cc2ccccc2F)C1=O. The van der Waals surface area contributed by atoms with Crippen molar-refractivity contribution in [3.8, 4) is 0 Å². The van der Waals surface area contributed by atoms with Gasteiger partial charge in [0.2, 0.25) is 11.8 Å². The number of nitrogens with zero attached hydrogens (tertiary/aromatic N) is 2. The summed E-state index contributed by atoms with van der Waals surface area (Å²) in [4.78, 5) is 40.9. The van der Waals surface area contributed by atoms with Crippen LogP contribution in [0.3, 0.4) is 0 Å². The number of carbonyl (C=O) groups is 3. The molecule has 0 fully saturated rings. The zero-order valence-corrected chi connectivity index (χ0v) is 13.0. The Hall–Kier alpha value is -3.29. The highest BCUT2D eigenvalue weighted by Gasteiger charge is 2.36. The summed E-state index contributed by atoms with van der Waals surface area (Å²) in [5.74, 6) is -2.64. The van der Waals surface area contributed by atoms with Crippen LogP contribution in [0.1, 0.15) is 11.3 Å². The second kappa shape index (κ2) is 7.08. The number of furan rings is 1. The van der Waals surface area contributed by atoms with Gasteiger partial charge in [-0.3, -0.25) is 14.5 Å². The van der Waals surface area contributed by atoms with Gasteiger partial charge in [0.15, 0.2) is 5.92 Å². The van der Waals surface area contributed by atoms with Crippen molar-refractivity contribution in [3.05, 3.63) is 59.8 Å². The third kappa shape index (κ3) is 3.63. The van der Waals surface area contributed by atoms with Gasteiger partial charge in [0, 0.05) is 11.8 Å². The molecule has 7 nitrogen and oxygen atoms in total. The second-order valence-corrected chi connectivity index (χ2v) is 5.35. The third-order valence-electron chi connectivity index (χ3n) is 3.68. The standard InChI is InChI=1S/C17H14FN3O4/c18-14-6-2-1-4-11(14)10-21-16(23)13(9-20-17(21)24)15(22)19-8-12-5-3-7-25-12/h1-7,9,13H,8,10H2,(H,19,22). The maximum Gasteiger partial charge on any atom is 0.350 e. The number of hydrogen-bond acceptors (Lipinski definition) is 4. The first-order valence-electron chi connectivity index (χ1n) is 7.49. The average molecular weight is 343 g/mol. The van der Waals surface area contributed by atoms with Crippen LogP contribution in [0.2, 0.25) is 0 Å². The minimum atomic E-state index is -1.25. The van der Waals surface area contributed by atoms with E-state index in [-0.39, 0.29) is 18.7 Å². The van der Waals surface area contributed by atoms with Crippen LogP contribution in [0.25, 0.3) is 0 Å². The van der Waals surface area contributed by atoms with Crippen LogP contribution in [0.4, 0.5) is 9.18 Å². The highest BCUT2D eigenvalue weighted by molar-refractivity contribution is 6.20. The van der Waals surface area contributed by atoms with Gasteiger partial charge in [-0.05, 0) is 18.2 Å². The van der Waals surface area contributed by atoms with Crippen molar-refractivity contribution in [3.63, 3.8) is 0 Å². The first kappa shape index (κ1) is 16.6. The Morgan fingerprint density at radius 2 is 2.04 bits per heavy atom. The van der Waals surface area contributed by atoms with E-state index in [1.165, 1.54) is 24.5 Å². The summed E-state index contributed by atoms with van der Waals surface area (Å²) in [6.07, 6.45) is 2.46. The van der Waals surface area contributed by atoms with Crippen LogP contribution in [-0.2, 0) is 22.7 Å². The first-order chi connectivity index (χ1) is 12.1. The van der Waals surface area contributed by atoms with Crippen molar-refractivity contribution in [1.29, 1.82) is 0 Å². The molecule has 2 aromatic rings. The molecule has 25 heavy (non-hydrogen) atoms. The number of halogens is 1. The molecule has 1 atom stereocenters. The molecule has 1 unspecified atom stereocenters. The summed E-state index contributed by atoms with van der Waals surface area (Å²) >= 11 is 0. The summed E-state index contributed by atoms with van der Waals surface area (Å²) < 4.78 is 18.8. The lowest BCUT2D eigenvalue weighted by molar-refractivity contribution is -0.137. The Balaban J connectivity index is 1.71. The molecule has 0 radical (unpaired) electrons. The van der Waals surface area contributed by atoms with E-state index in [2.05, 4.69) is 10.3 Å². The van der Waals surface area contributed by atoms with Crippen molar-refractivity contribution in [1.82, 2.24) is 10.2 Å². The lowest BCUT2D eigenvalue weighted by Crippen LogP contribution is -2.48. The summed E-state index contributed by atoms with van der Waals surface area (Å²) in [6, 6.07) is 8.29. The summed E-state index contributed by atoms with van der Waals surface area (Å²) in [5, 5.41) is 2.54. The van der Waals surface area contributed by atoms with E-state index in [9.17, 15) is 18.8 Å². The minimum absolute atomic E-state index is 0.102. The molecule has 128 valence electrons. The van der Waals surface area contributed by atoms with Gasteiger partial charge >= 0.3 is 6.03 Å². The number of amides is 4. The second-order valence-electron chi connectivity index (χ2n) is 5.35. The van der Waals surface area contributed by atoms with Gasteiger partial charge < -0.3 is 9.73 Å². The fourth-order valence-corrected chi connectivity index (χ4v) is 2.35. The molecule has 1 aliphatic heterocycles. The maximum atomic E-state index is 13.8. The highest BCUT2D eigenvalue weighted by Crippen LogP contribution is 2.16. The number of carbonyl (C=O) groups excluding carboxylic acids is 3. The van der Waals surface area contributed by atoms with Crippen molar-refractivity contribution < 1.29 is 23.2 Å². The molecule has 0 saturated heterocycles. The molecular weight excluding hydrogens is 329 g/mol. The number of hydrogen-bond donors (Lipinski definition) is 1. The largest absolute Gasteiger partial charge is 0.467 e. The molecule has 0 spiro atoms. The van der Waals surface area contributed by atoms with E-state index in [1.54, 1.807) is 18.2 Å². The van der Waals surface area contributed by atoms with Crippen LogP contribution in [0, 0.1) is 11.7 Å². The lowest BCUT2D eigenvalue weighted by Gasteiger charge is -2.25. The third-order valence-corrected chi connectivity index (χ3v) is 3.68. The van der Waals surface area contributed by atoms with Crippen molar-refractivity contribution in [2.45, 2.75) is 13.1 Å². The van der Waals surface area contributed by atoms with Crippen molar-refractivity contribution >= 4 is 24.1 Å². The molecule has 0 saturated carbocycles. The van der Waals surface area contributed by atoms with E-state index in [0.29, 0.717) is 5.76 Å². The first-order valence-corrected chi connectivity index (χ1v) is 7.49. The van der Waals surface area contributed by atoms with Crippen LogP contribution < -0.4 is 5.32 Å². The van der Waals surface area contributed by atoms with E-state index in [4.69, 9.17) is 4.42 Å². The van der Waals surface area contributed by atoms with Gasteiger partial charge in [-0.25, -0.2) is 14.2 Å². The van der Waals surface area contributed by atoms with E-state index >= 15 is 0 Å². The number of rotatable bonds is 5. The Morgan fingerprint density at radius 3 is 2.76 bits per heavy atom. The normalized spacial score (nSPS) is 17.0. The number of nitrogens with one attached hydrogen (secondary N) is 1. The number of imide groups is 1. The molecular formula is C17H14FN3O4. The molecule has 3 rings (SSSR count). The predicted molar refractivity (Wildman–Crippen MR) is 84.9 cm³/mol. The maximum absolute atomic E-state index is 13.8. The van der Waals surface area contributed by atoms with E-state index in [0.717, 1.165) is 11.1 Å². The number of benzene rings is 1. The monoisotopic (exact) mass is 343 g/mol. The zero-order chi connectivity index (χ0) is 17.8. The zero-order valence-electron chi connectivity index (χ0n) is 13.0. The molecule has 0 aliphatic carbocycles. The quantitative estimate of drug-likeness (QED) is 0.839. The molecule has 4 amide bonds. The van der Waals surface area contributed by atoms with Gasteiger partial charge in [0.1, 0.15) is 11.6 Å². The van der Waals surface area contributed by atoms with E-state index < -0.39 is 29.6 Å². The smallest absolute Gasteiger partial charge is 0.350 e. The van der Waals surface area contributed by atoms with Crippen LogP contribution in [-0.4, -0.2) is 29.0 Å². The van der Waals surface area contributed by atoms with Crippen molar-refractivity contribution in [2.24, 2.45) is 10.9 Å². The molecule has 1 aromatic heterocycles. The van der Waals surface area contributed by atoms with E-state index in [1.807, 2.05) is 0 Å². The molecule has 2 heterocycles. The molecule has 8 heteroatoms. The van der Waals surface area contributed by atoms with Gasteiger partial charge in [-0.15, -0.1) is 0 Å². The molecule has 0 bridgehead atoms. The van der Waals surface area contributed by atoms with Crippen LogP contribution >= 0.6 is 0 Å². The van der Waals surface area contributed by atoms with Gasteiger partial charge in [0.05, 0.1) is 19.4 Å². The summed E-state index contributed by atoms with van der Waals surface area (Å²) in [7, 11) is 0. The topological polar surface area (TPSA) is 92.0 Å². The Labute approximate surface area is 142 Å². The highest BCUT2D eigenvalue weighted by atomic mass is 19.1. The van der Waals surface area contributed by atoms with Gasteiger partial charge in [-0.2, -0.15) is 0 Å². The minimum Gasteiger partial charge on any atom is -0.467 e. The van der Waals surface area contributed by atoms with Gasteiger partial charge in [-0.1, -0.05) is 18.2 Å². The van der Waals surface area contributed by atoms with Crippen LogP contribution in [0.15, 0.2) is 52.1 Å². The predicted octanol–water partition coefficient (Wildman–Crippen LogP) is 1.88. The molecule has 1 aromatic carbocycles. The Morgan fingerprint density at radius 1 is 1.24 bits per heavy atom. The number of aliphatic imine (C=N–C) groups is 1. The Kier molecular flexibility index (Phi) is 4.69. The fourth-order valence-electron chi connectivity index (χ4n) is 2.35. The van der Waals surface area contributed by atoms with Gasteiger partial charge in [0.25, 0.3) is 0 Å². The van der Waals surface area contributed by atoms with Crippen molar-refractivity contribution in [2.75, 3.05) is 0 Å². The number of urea groups is 1. The lowest BCUT2D eigenvalue weighted by atomic mass is 10.1.